The molecule has 1 aromatic carbocycles. The lowest BCUT2D eigenvalue weighted by Crippen LogP contribution is -2.52. The summed E-state index contributed by atoms with van der Waals surface area (Å²) in [6.07, 6.45) is 5.40. The smallest absolute Gasteiger partial charge is 0.307 e. The van der Waals surface area contributed by atoms with Gasteiger partial charge in [-0.05, 0) is 37.8 Å². The maximum absolute atomic E-state index is 12.7. The lowest BCUT2D eigenvalue weighted by Gasteiger charge is -2.35. The molecule has 1 amide bonds. The van der Waals surface area contributed by atoms with Gasteiger partial charge in [-0.2, -0.15) is 4.31 Å². The van der Waals surface area contributed by atoms with E-state index in [-0.39, 0.29) is 55.3 Å². The van der Waals surface area contributed by atoms with Crippen molar-refractivity contribution in [3.05, 3.63) is 42.5 Å². The van der Waals surface area contributed by atoms with Gasteiger partial charge in [0.1, 0.15) is 0 Å². The SMILES string of the molecule is C[C@H](OC(=O)C[C@H]1C=CCC1)C(=O)N1CCN(S(=O)(=O)c2ccccc2)CC1. The molecular weight excluding hydrogens is 380 g/mol. The molecule has 7 nitrogen and oxygen atoms in total. The third kappa shape index (κ3) is 4.80. The highest BCUT2D eigenvalue weighted by Crippen LogP contribution is 2.21. The summed E-state index contributed by atoms with van der Waals surface area (Å²) < 4.78 is 32.0. The fourth-order valence-corrected chi connectivity index (χ4v) is 4.97. The van der Waals surface area contributed by atoms with Gasteiger partial charge >= 0.3 is 5.97 Å². The Bertz CT molecular complexity index is 829. The van der Waals surface area contributed by atoms with Crippen LogP contribution in [-0.4, -0.2) is 61.8 Å². The molecule has 1 saturated heterocycles. The summed E-state index contributed by atoms with van der Waals surface area (Å²) >= 11 is 0. The molecule has 28 heavy (non-hydrogen) atoms. The summed E-state index contributed by atoms with van der Waals surface area (Å²) in [4.78, 5) is 26.4. The zero-order chi connectivity index (χ0) is 20.1. The molecule has 1 fully saturated rings. The van der Waals surface area contributed by atoms with Gasteiger partial charge in [0.05, 0.1) is 11.3 Å². The van der Waals surface area contributed by atoms with Crippen molar-refractivity contribution in [1.29, 1.82) is 0 Å². The molecule has 1 heterocycles. The molecule has 0 radical (unpaired) electrons. The first-order chi connectivity index (χ1) is 13.4. The molecule has 0 N–H and O–H groups in total. The van der Waals surface area contributed by atoms with Crippen LogP contribution >= 0.6 is 0 Å². The maximum Gasteiger partial charge on any atom is 0.307 e. The van der Waals surface area contributed by atoms with Crippen LogP contribution in [0.15, 0.2) is 47.4 Å². The lowest BCUT2D eigenvalue weighted by atomic mass is 10.1. The minimum Gasteiger partial charge on any atom is -0.453 e. The summed E-state index contributed by atoms with van der Waals surface area (Å²) in [6, 6.07) is 8.26. The molecule has 1 aliphatic carbocycles. The van der Waals surface area contributed by atoms with Gasteiger partial charge in [0.2, 0.25) is 10.0 Å². The van der Waals surface area contributed by atoms with Crippen molar-refractivity contribution < 1.29 is 22.7 Å². The van der Waals surface area contributed by atoms with Crippen LogP contribution in [0.1, 0.15) is 26.2 Å². The van der Waals surface area contributed by atoms with Crippen LogP contribution in [0, 0.1) is 5.92 Å². The topological polar surface area (TPSA) is 84.0 Å². The molecule has 0 unspecified atom stereocenters. The van der Waals surface area contributed by atoms with Gasteiger partial charge in [-0.15, -0.1) is 0 Å². The molecule has 1 aromatic rings. The minimum atomic E-state index is -3.56. The van der Waals surface area contributed by atoms with Gasteiger partial charge in [0, 0.05) is 26.2 Å². The third-order valence-corrected chi connectivity index (χ3v) is 7.04. The number of hydrogen-bond donors (Lipinski definition) is 0. The van der Waals surface area contributed by atoms with E-state index in [0.29, 0.717) is 0 Å². The number of allylic oxidation sites excluding steroid dienone is 2. The van der Waals surface area contributed by atoms with Crippen molar-refractivity contribution in [2.45, 2.75) is 37.2 Å². The second kappa shape index (κ2) is 8.87. The number of carbonyl (C=O) groups excluding carboxylic acids is 2. The number of nitrogens with zero attached hydrogens (tertiary/aromatic N) is 2. The average Bonchev–Trinajstić information content (AvgIpc) is 3.21. The van der Waals surface area contributed by atoms with Crippen LogP contribution in [0.5, 0.6) is 0 Å². The quantitative estimate of drug-likeness (QED) is 0.531. The summed E-state index contributed by atoms with van der Waals surface area (Å²) in [6.45, 7) is 2.56. The van der Waals surface area contributed by atoms with Crippen LogP contribution in [0.4, 0.5) is 0 Å². The van der Waals surface area contributed by atoms with Gasteiger partial charge in [0.25, 0.3) is 5.91 Å². The van der Waals surface area contributed by atoms with Gasteiger partial charge in [-0.1, -0.05) is 30.4 Å². The summed E-state index contributed by atoms with van der Waals surface area (Å²) in [7, 11) is -3.56. The molecule has 2 atom stereocenters. The average molecular weight is 407 g/mol. The molecule has 3 rings (SSSR count). The highest BCUT2D eigenvalue weighted by Gasteiger charge is 2.32. The standard InChI is InChI=1S/C20H26N2O5S/c1-16(27-19(23)15-17-7-5-6-8-17)20(24)21-11-13-22(14-12-21)28(25,26)18-9-3-2-4-10-18/h2-5,7,9-10,16-17H,6,8,11-15H2,1H3/t16-,17-/m0/s1. The monoisotopic (exact) mass is 406 g/mol. The van der Waals surface area contributed by atoms with Crippen LogP contribution < -0.4 is 0 Å². The van der Waals surface area contributed by atoms with Crippen molar-refractivity contribution in [3.63, 3.8) is 0 Å². The number of amides is 1. The van der Waals surface area contributed by atoms with E-state index in [2.05, 4.69) is 6.08 Å². The largest absolute Gasteiger partial charge is 0.453 e. The van der Waals surface area contributed by atoms with Crippen molar-refractivity contribution in [2.24, 2.45) is 5.92 Å². The number of sulfonamides is 1. The predicted octanol–water partition coefficient (Wildman–Crippen LogP) is 1.81. The van der Waals surface area contributed by atoms with Gasteiger partial charge in [-0.25, -0.2) is 8.42 Å². The Morgan fingerprint density at radius 1 is 1.14 bits per heavy atom. The Hall–Kier alpha value is -2.19. The van der Waals surface area contributed by atoms with E-state index >= 15 is 0 Å². The lowest BCUT2D eigenvalue weighted by molar-refractivity contribution is -0.160. The van der Waals surface area contributed by atoms with Crippen molar-refractivity contribution in [1.82, 2.24) is 9.21 Å². The van der Waals surface area contributed by atoms with E-state index in [1.807, 2.05) is 6.08 Å². The first-order valence-corrected chi connectivity index (χ1v) is 11.0. The van der Waals surface area contributed by atoms with E-state index in [4.69, 9.17) is 4.74 Å². The third-order valence-electron chi connectivity index (χ3n) is 5.13. The molecule has 0 bridgehead atoms. The Labute approximate surface area is 166 Å². The fourth-order valence-electron chi connectivity index (χ4n) is 3.52. The molecule has 152 valence electrons. The van der Waals surface area contributed by atoms with Crippen LogP contribution in [-0.2, 0) is 24.3 Å². The first kappa shape index (κ1) is 20.5. The summed E-state index contributed by atoms with van der Waals surface area (Å²) in [5.41, 5.74) is 0. The van der Waals surface area contributed by atoms with Gasteiger partial charge in [0.15, 0.2) is 6.10 Å². The molecule has 8 heteroatoms. The first-order valence-electron chi connectivity index (χ1n) is 9.58. The van der Waals surface area contributed by atoms with Gasteiger partial charge in [-0.3, -0.25) is 9.59 Å². The van der Waals surface area contributed by atoms with Crippen molar-refractivity contribution in [2.75, 3.05) is 26.2 Å². The normalized spacial score (nSPS) is 21.5. The zero-order valence-electron chi connectivity index (χ0n) is 16.0. The number of hydrogen-bond acceptors (Lipinski definition) is 5. The molecule has 0 aromatic heterocycles. The summed E-state index contributed by atoms with van der Waals surface area (Å²) in [5, 5.41) is 0. The van der Waals surface area contributed by atoms with Gasteiger partial charge < -0.3 is 9.64 Å². The highest BCUT2D eigenvalue weighted by molar-refractivity contribution is 7.89. The second-order valence-corrected chi connectivity index (χ2v) is 9.08. The molecule has 0 saturated carbocycles. The number of rotatable bonds is 6. The Morgan fingerprint density at radius 3 is 2.43 bits per heavy atom. The second-order valence-electron chi connectivity index (χ2n) is 7.14. The minimum absolute atomic E-state index is 0.196. The summed E-state index contributed by atoms with van der Waals surface area (Å²) in [5.74, 6) is -0.462. The number of esters is 1. The fraction of sp³-hybridized carbons (Fsp3) is 0.500. The molecule has 0 spiro atoms. The Balaban J connectivity index is 1.50. The molecular formula is C20H26N2O5S. The maximum atomic E-state index is 12.7. The Morgan fingerprint density at radius 2 is 1.82 bits per heavy atom. The Kier molecular flexibility index (Phi) is 6.51. The van der Waals surface area contributed by atoms with Crippen LogP contribution in [0.2, 0.25) is 0 Å². The van der Waals surface area contributed by atoms with Crippen LogP contribution in [0.25, 0.3) is 0 Å². The van der Waals surface area contributed by atoms with E-state index in [9.17, 15) is 18.0 Å². The highest BCUT2D eigenvalue weighted by atomic mass is 32.2. The number of ether oxygens (including phenoxy) is 1. The van der Waals surface area contributed by atoms with E-state index in [1.165, 1.54) is 4.31 Å². The van der Waals surface area contributed by atoms with Crippen molar-refractivity contribution >= 4 is 21.9 Å². The van der Waals surface area contributed by atoms with Crippen LogP contribution in [0.3, 0.4) is 0 Å². The number of piperazine rings is 1. The zero-order valence-corrected chi connectivity index (χ0v) is 16.8. The molecule has 1 aliphatic heterocycles. The van der Waals surface area contributed by atoms with Crippen molar-refractivity contribution in [3.8, 4) is 0 Å². The number of benzene rings is 1. The molecule has 2 aliphatic rings. The van der Waals surface area contributed by atoms with E-state index in [0.717, 1.165) is 12.8 Å². The number of carbonyl (C=O) groups is 2. The van der Waals surface area contributed by atoms with E-state index in [1.54, 1.807) is 42.2 Å². The van der Waals surface area contributed by atoms with E-state index < -0.39 is 16.1 Å². The predicted molar refractivity (Wildman–Crippen MR) is 104 cm³/mol.